The molecule has 1 unspecified atom stereocenters. The van der Waals surface area contributed by atoms with Crippen molar-refractivity contribution in [3.63, 3.8) is 0 Å². The van der Waals surface area contributed by atoms with Gasteiger partial charge in [-0.05, 0) is 12.8 Å². The van der Waals surface area contributed by atoms with Gasteiger partial charge in [-0.3, -0.25) is 4.79 Å². The first kappa shape index (κ1) is 14.4. The van der Waals surface area contributed by atoms with Gasteiger partial charge in [0, 0.05) is 6.04 Å². The first-order valence-corrected chi connectivity index (χ1v) is 5.99. The standard InChI is InChI=1S/C12H25NO2/c1-6-10(7-2)11(13-9(4)5)12(14)15-8-3/h9-11,13H,6-8H2,1-5H3. The quantitative estimate of drug-likeness (QED) is 0.662. The Kier molecular flexibility index (Phi) is 7.39. The summed E-state index contributed by atoms with van der Waals surface area (Å²) in [7, 11) is 0. The number of hydrogen-bond acceptors (Lipinski definition) is 3. The van der Waals surface area contributed by atoms with Gasteiger partial charge < -0.3 is 10.1 Å². The number of ether oxygens (including phenoxy) is 1. The fourth-order valence-electron chi connectivity index (χ4n) is 1.75. The summed E-state index contributed by atoms with van der Waals surface area (Å²) in [5.41, 5.74) is 0. The maximum absolute atomic E-state index is 11.8. The van der Waals surface area contributed by atoms with E-state index in [1.165, 1.54) is 0 Å². The lowest BCUT2D eigenvalue weighted by molar-refractivity contribution is -0.147. The van der Waals surface area contributed by atoms with E-state index < -0.39 is 0 Å². The summed E-state index contributed by atoms with van der Waals surface area (Å²) in [5.74, 6) is 0.256. The minimum atomic E-state index is -0.153. The summed E-state index contributed by atoms with van der Waals surface area (Å²) in [6, 6.07) is 0.153. The van der Waals surface area contributed by atoms with E-state index in [1.54, 1.807) is 0 Å². The van der Waals surface area contributed by atoms with Crippen molar-refractivity contribution in [1.29, 1.82) is 0 Å². The van der Waals surface area contributed by atoms with Crippen LogP contribution in [-0.2, 0) is 9.53 Å². The lowest BCUT2D eigenvalue weighted by Gasteiger charge is -2.26. The second-order valence-electron chi connectivity index (χ2n) is 4.13. The summed E-state index contributed by atoms with van der Waals surface area (Å²) in [6.07, 6.45) is 2.00. The maximum atomic E-state index is 11.8. The second-order valence-corrected chi connectivity index (χ2v) is 4.13. The van der Waals surface area contributed by atoms with Gasteiger partial charge in [0.05, 0.1) is 6.61 Å². The van der Waals surface area contributed by atoms with Gasteiger partial charge in [0.25, 0.3) is 0 Å². The van der Waals surface area contributed by atoms with Crippen LogP contribution in [-0.4, -0.2) is 24.7 Å². The van der Waals surface area contributed by atoms with Crippen LogP contribution in [0.3, 0.4) is 0 Å². The fraction of sp³-hybridized carbons (Fsp3) is 0.917. The van der Waals surface area contributed by atoms with Gasteiger partial charge in [0.15, 0.2) is 0 Å². The monoisotopic (exact) mass is 215 g/mol. The normalized spacial score (nSPS) is 13.3. The molecule has 3 heteroatoms. The molecule has 0 aliphatic rings. The van der Waals surface area contributed by atoms with Crippen molar-refractivity contribution < 1.29 is 9.53 Å². The van der Waals surface area contributed by atoms with E-state index >= 15 is 0 Å². The maximum Gasteiger partial charge on any atom is 0.323 e. The molecule has 0 fully saturated rings. The van der Waals surface area contributed by atoms with Crippen LogP contribution in [0, 0.1) is 5.92 Å². The molecule has 0 rings (SSSR count). The van der Waals surface area contributed by atoms with Crippen molar-refractivity contribution in [2.75, 3.05) is 6.61 Å². The zero-order valence-corrected chi connectivity index (χ0v) is 10.7. The third-order valence-electron chi connectivity index (χ3n) is 2.57. The lowest BCUT2D eigenvalue weighted by Crippen LogP contribution is -2.46. The Morgan fingerprint density at radius 1 is 1.20 bits per heavy atom. The molecule has 0 aliphatic heterocycles. The molecule has 0 aromatic heterocycles. The predicted molar refractivity (Wildman–Crippen MR) is 62.8 cm³/mol. The summed E-state index contributed by atoms with van der Waals surface area (Å²) >= 11 is 0. The van der Waals surface area contributed by atoms with E-state index in [4.69, 9.17) is 4.74 Å². The van der Waals surface area contributed by atoms with E-state index in [2.05, 4.69) is 33.0 Å². The van der Waals surface area contributed by atoms with E-state index in [0.717, 1.165) is 12.8 Å². The van der Waals surface area contributed by atoms with Gasteiger partial charge in [0.2, 0.25) is 0 Å². The van der Waals surface area contributed by atoms with Gasteiger partial charge >= 0.3 is 5.97 Å². The number of nitrogens with one attached hydrogen (secondary N) is 1. The van der Waals surface area contributed by atoms with Gasteiger partial charge in [0.1, 0.15) is 6.04 Å². The van der Waals surface area contributed by atoms with Crippen LogP contribution in [0.4, 0.5) is 0 Å². The first-order chi connectivity index (χ1) is 7.06. The van der Waals surface area contributed by atoms with Crippen LogP contribution in [0.2, 0.25) is 0 Å². The van der Waals surface area contributed by atoms with Crippen molar-refractivity contribution in [3.8, 4) is 0 Å². The lowest BCUT2D eigenvalue weighted by atomic mass is 9.93. The van der Waals surface area contributed by atoms with Gasteiger partial charge in [-0.2, -0.15) is 0 Å². The van der Waals surface area contributed by atoms with E-state index in [0.29, 0.717) is 18.6 Å². The highest BCUT2D eigenvalue weighted by Gasteiger charge is 2.27. The van der Waals surface area contributed by atoms with Crippen molar-refractivity contribution in [1.82, 2.24) is 5.32 Å². The summed E-state index contributed by atoms with van der Waals surface area (Å²) in [4.78, 5) is 11.8. The number of rotatable bonds is 7. The highest BCUT2D eigenvalue weighted by atomic mass is 16.5. The predicted octanol–water partition coefficient (Wildman–Crippen LogP) is 2.35. The highest BCUT2D eigenvalue weighted by molar-refractivity contribution is 5.76. The molecule has 0 aromatic rings. The number of hydrogen-bond donors (Lipinski definition) is 1. The van der Waals surface area contributed by atoms with Crippen LogP contribution in [0.15, 0.2) is 0 Å². The molecule has 0 spiro atoms. The molecule has 0 amide bonds. The number of carbonyl (C=O) groups excluding carboxylic acids is 1. The number of carbonyl (C=O) groups is 1. The molecule has 0 saturated heterocycles. The molecule has 0 saturated carbocycles. The number of esters is 1. The molecule has 0 heterocycles. The zero-order valence-electron chi connectivity index (χ0n) is 10.7. The Morgan fingerprint density at radius 2 is 1.73 bits per heavy atom. The van der Waals surface area contributed by atoms with E-state index in [-0.39, 0.29) is 12.0 Å². The Labute approximate surface area is 93.6 Å². The molecule has 0 bridgehead atoms. The minimum absolute atomic E-state index is 0.111. The SMILES string of the molecule is CCOC(=O)C(NC(C)C)C(CC)CC. The smallest absolute Gasteiger partial charge is 0.323 e. The Bertz CT molecular complexity index is 176. The zero-order chi connectivity index (χ0) is 11.8. The molecular weight excluding hydrogens is 190 g/mol. The Balaban J connectivity index is 4.47. The van der Waals surface area contributed by atoms with Gasteiger partial charge in [-0.1, -0.05) is 40.5 Å². The third-order valence-corrected chi connectivity index (χ3v) is 2.57. The minimum Gasteiger partial charge on any atom is -0.465 e. The average Bonchev–Trinajstić information content (AvgIpc) is 2.18. The Morgan fingerprint density at radius 3 is 2.07 bits per heavy atom. The first-order valence-electron chi connectivity index (χ1n) is 5.99. The molecule has 0 aromatic carbocycles. The van der Waals surface area contributed by atoms with Crippen LogP contribution in [0.1, 0.15) is 47.5 Å². The van der Waals surface area contributed by atoms with Crippen molar-refractivity contribution in [2.45, 2.75) is 59.5 Å². The van der Waals surface area contributed by atoms with Crippen molar-refractivity contribution in [2.24, 2.45) is 5.92 Å². The molecule has 90 valence electrons. The van der Waals surface area contributed by atoms with Crippen LogP contribution in [0.5, 0.6) is 0 Å². The topological polar surface area (TPSA) is 38.3 Å². The molecule has 1 atom stereocenters. The second kappa shape index (κ2) is 7.69. The molecule has 0 radical (unpaired) electrons. The molecule has 3 nitrogen and oxygen atoms in total. The van der Waals surface area contributed by atoms with E-state index in [1.807, 2.05) is 6.92 Å². The van der Waals surface area contributed by atoms with Crippen molar-refractivity contribution >= 4 is 5.97 Å². The molecule has 15 heavy (non-hydrogen) atoms. The van der Waals surface area contributed by atoms with Crippen molar-refractivity contribution in [3.05, 3.63) is 0 Å². The average molecular weight is 215 g/mol. The summed E-state index contributed by atoms with van der Waals surface area (Å²) in [5, 5.41) is 3.29. The van der Waals surface area contributed by atoms with Crippen LogP contribution in [0.25, 0.3) is 0 Å². The Hall–Kier alpha value is -0.570. The van der Waals surface area contributed by atoms with Crippen LogP contribution < -0.4 is 5.32 Å². The van der Waals surface area contributed by atoms with Gasteiger partial charge in [-0.15, -0.1) is 0 Å². The summed E-state index contributed by atoms with van der Waals surface area (Å²) < 4.78 is 5.09. The van der Waals surface area contributed by atoms with Gasteiger partial charge in [-0.25, -0.2) is 0 Å². The van der Waals surface area contributed by atoms with E-state index in [9.17, 15) is 4.79 Å². The summed E-state index contributed by atoms with van der Waals surface area (Å²) in [6.45, 7) is 10.6. The highest BCUT2D eigenvalue weighted by Crippen LogP contribution is 2.15. The molecule has 1 N–H and O–H groups in total. The third kappa shape index (κ3) is 5.17. The fourth-order valence-corrected chi connectivity index (χ4v) is 1.75. The molecular formula is C12H25NO2. The molecule has 0 aliphatic carbocycles. The van der Waals surface area contributed by atoms with Crippen LogP contribution >= 0.6 is 0 Å². The largest absolute Gasteiger partial charge is 0.465 e.